The molecule has 2 aromatic rings. The Morgan fingerprint density at radius 3 is 2.78 bits per heavy atom. The van der Waals surface area contributed by atoms with Crippen LogP contribution in [0.4, 0.5) is 0 Å². The van der Waals surface area contributed by atoms with E-state index < -0.39 is 0 Å². The van der Waals surface area contributed by atoms with Crippen molar-refractivity contribution >= 4 is 17.2 Å². The second-order valence-corrected chi connectivity index (χ2v) is 8.27. The van der Waals surface area contributed by atoms with E-state index in [-0.39, 0.29) is 11.5 Å². The molecule has 27 heavy (non-hydrogen) atoms. The van der Waals surface area contributed by atoms with Gasteiger partial charge in [-0.1, -0.05) is 0 Å². The summed E-state index contributed by atoms with van der Waals surface area (Å²) in [7, 11) is 0. The topological polar surface area (TPSA) is 71.5 Å². The number of hydrogen-bond acceptors (Lipinski definition) is 7. The lowest BCUT2D eigenvalue weighted by atomic mass is 9.89. The zero-order valence-electron chi connectivity index (χ0n) is 15.4. The quantitative estimate of drug-likeness (QED) is 0.779. The highest BCUT2D eigenvalue weighted by Gasteiger charge is 2.40. The van der Waals surface area contributed by atoms with Crippen LogP contribution in [-0.4, -0.2) is 69.0 Å². The van der Waals surface area contributed by atoms with Crippen LogP contribution in [-0.2, 0) is 22.5 Å². The van der Waals surface area contributed by atoms with E-state index in [2.05, 4.69) is 19.9 Å². The molecule has 1 spiro atoms. The number of aromatic nitrogens is 3. The van der Waals surface area contributed by atoms with Gasteiger partial charge in [0.2, 0.25) is 5.91 Å². The van der Waals surface area contributed by atoms with Gasteiger partial charge in [-0.25, -0.2) is 15.0 Å². The number of morpholine rings is 1. The lowest BCUT2D eigenvalue weighted by Gasteiger charge is -2.47. The summed E-state index contributed by atoms with van der Waals surface area (Å²) in [6, 6.07) is 0. The molecule has 2 aromatic heterocycles. The number of thiazole rings is 1. The first-order valence-electron chi connectivity index (χ1n) is 9.49. The first kappa shape index (κ1) is 18.5. The fourth-order valence-corrected chi connectivity index (χ4v) is 4.57. The van der Waals surface area contributed by atoms with Crippen molar-refractivity contribution < 1.29 is 9.53 Å². The molecule has 0 radical (unpaired) electrons. The number of likely N-dealkylation sites (tertiary alicyclic amines) is 1. The standard InChI is InChI=1S/C19H25N5O2S/c25-18(2-1-16-11-20-15-21-12-16)24-6-3-19(4-7-24)14-23(8-9-26-19)13-17-22-5-10-27-17/h5,10-12,15H,1-4,6-9,13-14H2. The number of piperidine rings is 1. The van der Waals surface area contributed by atoms with Crippen LogP contribution in [0.15, 0.2) is 30.3 Å². The van der Waals surface area contributed by atoms with Crippen LogP contribution >= 0.6 is 11.3 Å². The summed E-state index contributed by atoms with van der Waals surface area (Å²) in [4.78, 5) is 29.4. The van der Waals surface area contributed by atoms with Gasteiger partial charge >= 0.3 is 0 Å². The van der Waals surface area contributed by atoms with Crippen molar-refractivity contribution in [3.05, 3.63) is 40.9 Å². The van der Waals surface area contributed by atoms with E-state index in [1.165, 1.54) is 6.33 Å². The maximum atomic E-state index is 12.5. The Morgan fingerprint density at radius 1 is 1.22 bits per heavy atom. The molecule has 4 heterocycles. The van der Waals surface area contributed by atoms with E-state index in [4.69, 9.17) is 4.74 Å². The smallest absolute Gasteiger partial charge is 0.222 e. The van der Waals surface area contributed by atoms with Crippen LogP contribution in [0, 0.1) is 0 Å². The zero-order valence-corrected chi connectivity index (χ0v) is 16.2. The summed E-state index contributed by atoms with van der Waals surface area (Å²) in [5.74, 6) is 0.212. The second-order valence-electron chi connectivity index (χ2n) is 7.30. The van der Waals surface area contributed by atoms with E-state index in [1.807, 2.05) is 16.5 Å². The lowest BCUT2D eigenvalue weighted by Crippen LogP contribution is -2.57. The van der Waals surface area contributed by atoms with Gasteiger partial charge in [-0.2, -0.15) is 0 Å². The Hall–Kier alpha value is -1.90. The van der Waals surface area contributed by atoms with Crippen molar-refractivity contribution in [1.82, 2.24) is 24.8 Å². The number of amides is 1. The van der Waals surface area contributed by atoms with E-state index in [0.29, 0.717) is 12.8 Å². The van der Waals surface area contributed by atoms with Gasteiger partial charge in [-0.15, -0.1) is 11.3 Å². The summed E-state index contributed by atoms with van der Waals surface area (Å²) in [5.41, 5.74) is 0.896. The van der Waals surface area contributed by atoms with Crippen molar-refractivity contribution in [3.8, 4) is 0 Å². The Bertz CT molecular complexity index is 732. The minimum Gasteiger partial charge on any atom is -0.372 e. The van der Waals surface area contributed by atoms with Crippen LogP contribution in [0.1, 0.15) is 29.8 Å². The van der Waals surface area contributed by atoms with Gasteiger partial charge in [0.25, 0.3) is 0 Å². The molecule has 0 bridgehead atoms. The molecular formula is C19H25N5O2S. The van der Waals surface area contributed by atoms with Crippen molar-refractivity contribution in [2.45, 2.75) is 37.8 Å². The van der Waals surface area contributed by atoms with Gasteiger partial charge in [0.05, 0.1) is 18.8 Å². The van der Waals surface area contributed by atoms with Crippen LogP contribution in [0.25, 0.3) is 0 Å². The molecule has 0 aromatic carbocycles. The third-order valence-electron chi connectivity index (χ3n) is 5.44. The maximum absolute atomic E-state index is 12.5. The van der Waals surface area contributed by atoms with E-state index in [9.17, 15) is 4.79 Å². The van der Waals surface area contributed by atoms with Gasteiger partial charge < -0.3 is 9.64 Å². The van der Waals surface area contributed by atoms with Crippen LogP contribution in [0.3, 0.4) is 0 Å². The Labute approximate surface area is 163 Å². The molecule has 2 saturated heterocycles. The predicted octanol–water partition coefficient (Wildman–Crippen LogP) is 1.76. The number of aryl methyl sites for hydroxylation is 1. The highest BCUT2D eigenvalue weighted by Crippen LogP contribution is 2.31. The molecule has 0 N–H and O–H groups in total. The molecule has 7 nitrogen and oxygen atoms in total. The number of ether oxygens (including phenoxy) is 1. The number of rotatable bonds is 5. The van der Waals surface area contributed by atoms with Gasteiger partial charge in [-0.05, 0) is 24.8 Å². The van der Waals surface area contributed by atoms with Crippen molar-refractivity contribution in [2.24, 2.45) is 0 Å². The fourth-order valence-electron chi connectivity index (χ4n) is 3.92. The Balaban J connectivity index is 1.26. The molecule has 0 saturated carbocycles. The summed E-state index contributed by atoms with van der Waals surface area (Å²) in [6.45, 7) is 5.07. The van der Waals surface area contributed by atoms with Crippen LogP contribution in [0.5, 0.6) is 0 Å². The average molecular weight is 388 g/mol. The van der Waals surface area contributed by atoms with Crippen molar-refractivity contribution in [3.63, 3.8) is 0 Å². The first-order valence-corrected chi connectivity index (χ1v) is 10.4. The number of hydrogen-bond donors (Lipinski definition) is 0. The average Bonchev–Trinajstić information content (AvgIpc) is 3.21. The second kappa shape index (κ2) is 8.41. The lowest BCUT2D eigenvalue weighted by molar-refractivity contribution is -0.151. The highest BCUT2D eigenvalue weighted by molar-refractivity contribution is 7.09. The van der Waals surface area contributed by atoms with E-state index >= 15 is 0 Å². The number of nitrogens with zero attached hydrogens (tertiary/aromatic N) is 5. The molecular weight excluding hydrogens is 362 g/mol. The molecule has 8 heteroatoms. The minimum absolute atomic E-state index is 0.112. The zero-order chi connectivity index (χ0) is 18.5. The third-order valence-corrected chi connectivity index (χ3v) is 6.20. The maximum Gasteiger partial charge on any atom is 0.222 e. The van der Waals surface area contributed by atoms with Gasteiger partial charge in [0.1, 0.15) is 11.3 Å². The monoisotopic (exact) mass is 387 g/mol. The Morgan fingerprint density at radius 2 is 2.04 bits per heavy atom. The van der Waals surface area contributed by atoms with Gasteiger partial charge in [-0.3, -0.25) is 9.69 Å². The Kier molecular flexibility index (Phi) is 5.75. The molecule has 0 atom stereocenters. The molecule has 0 unspecified atom stereocenters. The predicted molar refractivity (Wildman–Crippen MR) is 102 cm³/mol. The molecule has 2 fully saturated rings. The largest absolute Gasteiger partial charge is 0.372 e. The number of carbonyl (C=O) groups excluding carboxylic acids is 1. The summed E-state index contributed by atoms with van der Waals surface area (Å²) >= 11 is 1.70. The molecule has 144 valence electrons. The van der Waals surface area contributed by atoms with E-state index in [1.54, 1.807) is 23.7 Å². The summed E-state index contributed by atoms with van der Waals surface area (Å²) in [5, 5.41) is 3.18. The van der Waals surface area contributed by atoms with Crippen molar-refractivity contribution in [2.75, 3.05) is 32.8 Å². The molecule has 0 aliphatic carbocycles. The third kappa shape index (κ3) is 4.69. The van der Waals surface area contributed by atoms with Gasteiger partial charge in [0, 0.05) is 56.6 Å². The molecule has 4 rings (SSSR count). The van der Waals surface area contributed by atoms with Crippen molar-refractivity contribution in [1.29, 1.82) is 0 Å². The molecule has 1 amide bonds. The SMILES string of the molecule is O=C(CCc1cncnc1)N1CCC2(CC1)CN(Cc1nccs1)CCO2. The summed E-state index contributed by atoms with van der Waals surface area (Å²) < 4.78 is 6.20. The fraction of sp³-hybridized carbons (Fsp3) is 0.579. The molecule has 2 aliphatic heterocycles. The minimum atomic E-state index is -0.112. The van der Waals surface area contributed by atoms with Crippen LogP contribution < -0.4 is 0 Å². The first-order chi connectivity index (χ1) is 13.2. The molecule has 2 aliphatic rings. The summed E-state index contributed by atoms with van der Waals surface area (Å²) in [6.07, 6.45) is 9.94. The number of carbonyl (C=O) groups is 1. The highest BCUT2D eigenvalue weighted by atomic mass is 32.1. The van der Waals surface area contributed by atoms with Crippen LogP contribution in [0.2, 0.25) is 0 Å². The normalized spacial score (nSPS) is 20.1. The van der Waals surface area contributed by atoms with E-state index in [0.717, 1.165) is 62.7 Å². The van der Waals surface area contributed by atoms with Gasteiger partial charge in [0.15, 0.2) is 0 Å².